The zero-order valence-corrected chi connectivity index (χ0v) is 20.3. The van der Waals surface area contributed by atoms with Gasteiger partial charge >= 0.3 is 6.03 Å². The monoisotopic (exact) mass is 479 g/mol. The van der Waals surface area contributed by atoms with Gasteiger partial charge in [0.25, 0.3) is 0 Å². The molecule has 1 saturated carbocycles. The molecule has 7 heteroatoms. The highest BCUT2D eigenvalue weighted by Gasteiger charge is 2.36. The highest BCUT2D eigenvalue weighted by Crippen LogP contribution is 2.29. The van der Waals surface area contributed by atoms with Crippen LogP contribution in [0.25, 0.3) is 0 Å². The number of halogens is 1. The molecule has 0 unspecified atom stereocenters. The van der Waals surface area contributed by atoms with Gasteiger partial charge in [-0.3, -0.25) is 9.59 Å². The van der Waals surface area contributed by atoms with Gasteiger partial charge in [-0.2, -0.15) is 0 Å². The van der Waals surface area contributed by atoms with E-state index in [1.54, 1.807) is 24.3 Å². The lowest BCUT2D eigenvalue weighted by Gasteiger charge is -2.39. The number of rotatable bonds is 6. The van der Waals surface area contributed by atoms with E-state index >= 15 is 0 Å². The summed E-state index contributed by atoms with van der Waals surface area (Å²) in [4.78, 5) is 39.9. The van der Waals surface area contributed by atoms with E-state index < -0.39 is 0 Å². The molecule has 2 aromatic rings. The van der Waals surface area contributed by atoms with E-state index in [9.17, 15) is 18.8 Å². The molecule has 186 valence electrons. The molecule has 4 rings (SSSR count). The zero-order valence-electron chi connectivity index (χ0n) is 20.3. The van der Waals surface area contributed by atoms with Crippen molar-refractivity contribution in [2.45, 2.75) is 57.9 Å². The predicted molar refractivity (Wildman–Crippen MR) is 134 cm³/mol. The summed E-state index contributed by atoms with van der Waals surface area (Å²) in [5.41, 5.74) is 2.18. The Balaban J connectivity index is 1.36. The first-order chi connectivity index (χ1) is 16.9. The second kappa shape index (κ2) is 11.5. The number of likely N-dealkylation sites (tertiary alicyclic amines) is 1. The van der Waals surface area contributed by atoms with Gasteiger partial charge in [0.1, 0.15) is 5.82 Å². The number of ketones is 1. The van der Waals surface area contributed by atoms with Crippen molar-refractivity contribution in [2.75, 3.05) is 18.4 Å². The molecule has 3 atom stereocenters. The average Bonchev–Trinajstić information content (AvgIpc) is 2.85. The molecule has 2 aliphatic rings. The molecule has 2 aromatic carbocycles. The molecule has 0 aromatic heterocycles. The van der Waals surface area contributed by atoms with Gasteiger partial charge < -0.3 is 15.5 Å². The third-order valence-electron chi connectivity index (χ3n) is 7.19. The van der Waals surface area contributed by atoms with E-state index in [-0.39, 0.29) is 35.5 Å². The van der Waals surface area contributed by atoms with E-state index in [0.29, 0.717) is 23.7 Å². The Kier molecular flexibility index (Phi) is 8.16. The first kappa shape index (κ1) is 24.9. The number of piperidine rings is 1. The van der Waals surface area contributed by atoms with E-state index in [2.05, 4.69) is 10.6 Å². The standard InChI is InChI=1S/C28H34FN3O3/c1-19(33)22-7-4-8-24(17-22)30-28(35)31-26-10-3-2-9-25(26)27(34)32-15-5-6-21(18-32)16-20-11-13-23(29)14-12-20/h4,7-8,11-14,17,21,25-26H,2-3,5-6,9-10,15-16,18H2,1H3,(H2,30,31,35)/t21-,25-,26-/m0/s1. The van der Waals surface area contributed by atoms with Crippen molar-refractivity contribution in [3.8, 4) is 0 Å². The summed E-state index contributed by atoms with van der Waals surface area (Å²) in [5, 5.41) is 5.83. The van der Waals surface area contributed by atoms with Crippen LogP contribution in [0.1, 0.15) is 61.4 Å². The van der Waals surface area contributed by atoms with Crippen LogP contribution in [0.4, 0.5) is 14.9 Å². The smallest absolute Gasteiger partial charge is 0.319 e. The lowest BCUT2D eigenvalue weighted by molar-refractivity contribution is -0.139. The van der Waals surface area contributed by atoms with Crippen LogP contribution in [-0.2, 0) is 11.2 Å². The Bertz CT molecular complexity index is 1060. The van der Waals surface area contributed by atoms with E-state index in [0.717, 1.165) is 57.1 Å². The SMILES string of the molecule is CC(=O)c1cccc(NC(=O)N[C@H]2CCCC[C@@H]2C(=O)N2CCC[C@@H](Cc3ccc(F)cc3)C2)c1. The number of amides is 3. The van der Waals surface area contributed by atoms with Crippen molar-refractivity contribution in [1.82, 2.24) is 10.2 Å². The lowest BCUT2D eigenvalue weighted by Crippen LogP contribution is -2.52. The summed E-state index contributed by atoms with van der Waals surface area (Å²) in [6, 6.07) is 12.9. The molecule has 35 heavy (non-hydrogen) atoms. The second-order valence-corrected chi connectivity index (χ2v) is 9.86. The van der Waals surface area contributed by atoms with Crippen LogP contribution in [0.15, 0.2) is 48.5 Å². The summed E-state index contributed by atoms with van der Waals surface area (Å²) in [5.74, 6) is -0.0584. The summed E-state index contributed by atoms with van der Waals surface area (Å²) >= 11 is 0. The van der Waals surface area contributed by atoms with Gasteiger partial charge in [0, 0.05) is 30.4 Å². The van der Waals surface area contributed by atoms with Crippen LogP contribution >= 0.6 is 0 Å². The van der Waals surface area contributed by atoms with Gasteiger partial charge in [0.05, 0.1) is 5.92 Å². The van der Waals surface area contributed by atoms with Gasteiger partial charge in [-0.1, -0.05) is 37.1 Å². The fourth-order valence-electron chi connectivity index (χ4n) is 5.37. The normalized spacial score (nSPS) is 22.3. The average molecular weight is 480 g/mol. The Morgan fingerprint density at radius 3 is 2.54 bits per heavy atom. The molecule has 1 aliphatic heterocycles. The summed E-state index contributed by atoms with van der Waals surface area (Å²) < 4.78 is 13.2. The number of carbonyl (C=O) groups excluding carboxylic acids is 3. The molecular formula is C28H34FN3O3. The number of benzene rings is 2. The minimum absolute atomic E-state index is 0.0636. The zero-order chi connectivity index (χ0) is 24.8. The Morgan fingerprint density at radius 1 is 1.00 bits per heavy atom. The van der Waals surface area contributed by atoms with E-state index in [1.165, 1.54) is 19.1 Å². The summed E-state index contributed by atoms with van der Waals surface area (Å²) in [6.45, 7) is 2.93. The van der Waals surface area contributed by atoms with Gasteiger partial charge in [-0.15, -0.1) is 0 Å². The number of hydrogen-bond acceptors (Lipinski definition) is 3. The number of nitrogens with zero attached hydrogens (tertiary/aromatic N) is 1. The largest absolute Gasteiger partial charge is 0.342 e. The molecule has 1 saturated heterocycles. The van der Waals surface area contributed by atoms with Gasteiger partial charge in [0.2, 0.25) is 5.91 Å². The highest BCUT2D eigenvalue weighted by atomic mass is 19.1. The molecular weight excluding hydrogens is 445 g/mol. The van der Waals surface area contributed by atoms with Gasteiger partial charge in [0.15, 0.2) is 5.78 Å². The topological polar surface area (TPSA) is 78.5 Å². The Morgan fingerprint density at radius 2 is 1.77 bits per heavy atom. The third kappa shape index (κ3) is 6.68. The van der Waals surface area contributed by atoms with Crippen LogP contribution < -0.4 is 10.6 Å². The molecule has 0 spiro atoms. The second-order valence-electron chi connectivity index (χ2n) is 9.86. The Hall–Kier alpha value is -3.22. The fourth-order valence-corrected chi connectivity index (χ4v) is 5.37. The number of nitrogens with one attached hydrogen (secondary N) is 2. The first-order valence-corrected chi connectivity index (χ1v) is 12.6. The van der Waals surface area contributed by atoms with Crippen molar-refractivity contribution in [1.29, 1.82) is 0 Å². The molecule has 3 amide bonds. The van der Waals surface area contributed by atoms with Crippen LogP contribution in [0.2, 0.25) is 0 Å². The lowest BCUT2D eigenvalue weighted by atomic mass is 9.82. The van der Waals surface area contributed by atoms with Crippen molar-refractivity contribution >= 4 is 23.4 Å². The molecule has 6 nitrogen and oxygen atoms in total. The first-order valence-electron chi connectivity index (χ1n) is 12.6. The molecule has 1 heterocycles. The highest BCUT2D eigenvalue weighted by molar-refractivity contribution is 5.96. The maximum Gasteiger partial charge on any atom is 0.319 e. The van der Waals surface area contributed by atoms with E-state index in [4.69, 9.17) is 0 Å². The van der Waals surface area contributed by atoms with Crippen molar-refractivity contribution in [3.05, 3.63) is 65.5 Å². The minimum Gasteiger partial charge on any atom is -0.342 e. The summed E-state index contributed by atoms with van der Waals surface area (Å²) in [6.07, 6.45) is 6.32. The van der Waals surface area contributed by atoms with Gasteiger partial charge in [-0.25, -0.2) is 9.18 Å². The maximum atomic E-state index is 13.5. The quantitative estimate of drug-likeness (QED) is 0.560. The van der Waals surface area contributed by atoms with Crippen LogP contribution in [0.5, 0.6) is 0 Å². The van der Waals surface area contributed by atoms with Crippen LogP contribution in [0, 0.1) is 17.7 Å². The Labute approximate surface area is 206 Å². The molecule has 2 N–H and O–H groups in total. The number of carbonyl (C=O) groups is 3. The number of hydrogen-bond donors (Lipinski definition) is 2. The van der Waals surface area contributed by atoms with Crippen molar-refractivity contribution < 1.29 is 18.8 Å². The van der Waals surface area contributed by atoms with Crippen molar-refractivity contribution in [2.24, 2.45) is 11.8 Å². The van der Waals surface area contributed by atoms with Crippen LogP contribution in [0.3, 0.4) is 0 Å². The fraction of sp³-hybridized carbons (Fsp3) is 0.464. The molecule has 0 bridgehead atoms. The van der Waals surface area contributed by atoms with Gasteiger partial charge in [-0.05, 0) is 74.8 Å². The minimum atomic E-state index is -0.358. The summed E-state index contributed by atoms with van der Waals surface area (Å²) in [7, 11) is 0. The van der Waals surface area contributed by atoms with Crippen LogP contribution in [-0.4, -0.2) is 41.8 Å². The number of anilines is 1. The molecule has 0 radical (unpaired) electrons. The van der Waals surface area contributed by atoms with E-state index in [1.807, 2.05) is 17.0 Å². The molecule has 1 aliphatic carbocycles. The maximum absolute atomic E-state index is 13.5. The number of Topliss-reactive ketones (excluding diaryl/α,β-unsaturated/α-hetero) is 1. The number of urea groups is 1. The molecule has 2 fully saturated rings. The third-order valence-corrected chi connectivity index (χ3v) is 7.19. The predicted octanol–water partition coefficient (Wildman–Crippen LogP) is 5.19. The van der Waals surface area contributed by atoms with Crippen molar-refractivity contribution in [3.63, 3.8) is 0 Å².